The highest BCUT2D eigenvalue weighted by Gasteiger charge is 2.28. The average molecular weight is 457 g/mol. The van der Waals surface area contributed by atoms with Gasteiger partial charge in [0.1, 0.15) is 25.1 Å². The second kappa shape index (κ2) is 9.76. The van der Waals surface area contributed by atoms with E-state index in [0.717, 1.165) is 5.56 Å². The fourth-order valence-corrected chi connectivity index (χ4v) is 3.78. The number of nitrogens with zero attached hydrogens (tertiary/aromatic N) is 2. The standard InChI is InChI=1S/C21H23F4N3O4/c22-18(23)6-12-1-2-17-13(5-12)7-14(10-31-17)26-21(29)16-8-20-28(27-16)9-15(32-20)3-4-30-11-19(24)25/h1-2,5,8,14-15,18-19H,3-4,6-7,9-11H2,(H,26,29)/t14-,15?/m1/s1. The highest BCUT2D eigenvalue weighted by molar-refractivity contribution is 5.92. The van der Waals surface area contributed by atoms with Crippen LogP contribution in [0.3, 0.4) is 0 Å². The van der Waals surface area contributed by atoms with E-state index in [2.05, 4.69) is 10.4 Å². The lowest BCUT2D eigenvalue weighted by Gasteiger charge is -2.26. The molecule has 2 aliphatic heterocycles. The number of ether oxygens (including phenoxy) is 3. The van der Waals surface area contributed by atoms with Crippen LogP contribution in [-0.4, -0.2) is 60.5 Å². The van der Waals surface area contributed by atoms with Crippen molar-refractivity contribution in [2.45, 2.75) is 50.8 Å². The van der Waals surface area contributed by atoms with Crippen LogP contribution in [0.25, 0.3) is 0 Å². The minimum atomic E-state index is -2.50. The second-order valence-corrected chi connectivity index (χ2v) is 7.77. The Hall–Kier alpha value is -2.82. The molecule has 174 valence electrons. The minimum absolute atomic E-state index is 0.148. The molecular formula is C21H23F4N3O4. The van der Waals surface area contributed by atoms with E-state index < -0.39 is 25.4 Å². The SMILES string of the molecule is O=C(N[C@H]1COc2ccc(CC(F)F)cc2C1)c1cc2n(n1)CC(CCOCC(F)F)O2. The lowest BCUT2D eigenvalue weighted by Crippen LogP contribution is -2.43. The number of aromatic nitrogens is 2. The molecule has 1 unspecified atom stereocenters. The van der Waals surface area contributed by atoms with E-state index in [9.17, 15) is 22.4 Å². The van der Waals surface area contributed by atoms with E-state index in [-0.39, 0.29) is 37.5 Å². The lowest BCUT2D eigenvalue weighted by atomic mass is 9.99. The summed E-state index contributed by atoms with van der Waals surface area (Å²) in [5.41, 5.74) is 1.48. The van der Waals surface area contributed by atoms with Gasteiger partial charge in [-0.3, -0.25) is 4.79 Å². The molecule has 0 aliphatic carbocycles. The van der Waals surface area contributed by atoms with Crippen LogP contribution >= 0.6 is 0 Å². The zero-order chi connectivity index (χ0) is 22.7. The van der Waals surface area contributed by atoms with E-state index in [1.807, 2.05) is 0 Å². The number of benzene rings is 1. The number of carbonyl (C=O) groups excluding carboxylic acids is 1. The summed E-state index contributed by atoms with van der Waals surface area (Å²) in [6.07, 6.45) is -4.61. The number of hydrogen-bond donors (Lipinski definition) is 1. The van der Waals surface area contributed by atoms with Crippen molar-refractivity contribution < 1.29 is 36.6 Å². The van der Waals surface area contributed by atoms with E-state index >= 15 is 0 Å². The molecule has 11 heteroatoms. The van der Waals surface area contributed by atoms with Crippen molar-refractivity contribution >= 4 is 5.91 Å². The average Bonchev–Trinajstić information content (AvgIpc) is 3.29. The first kappa shape index (κ1) is 22.4. The Balaban J connectivity index is 1.28. The van der Waals surface area contributed by atoms with Crippen LogP contribution in [0.1, 0.15) is 28.0 Å². The third-order valence-corrected chi connectivity index (χ3v) is 5.22. The van der Waals surface area contributed by atoms with Gasteiger partial charge in [-0.2, -0.15) is 5.10 Å². The Morgan fingerprint density at radius 3 is 2.84 bits per heavy atom. The maximum Gasteiger partial charge on any atom is 0.272 e. The summed E-state index contributed by atoms with van der Waals surface area (Å²) in [4.78, 5) is 12.6. The molecule has 2 atom stereocenters. The molecule has 0 fully saturated rings. The Morgan fingerprint density at radius 2 is 2.09 bits per heavy atom. The molecule has 1 aromatic heterocycles. The predicted octanol–water partition coefficient (Wildman–Crippen LogP) is 2.86. The van der Waals surface area contributed by atoms with Gasteiger partial charge in [0.15, 0.2) is 5.69 Å². The summed E-state index contributed by atoms with van der Waals surface area (Å²) in [7, 11) is 0. The van der Waals surface area contributed by atoms with E-state index in [0.29, 0.717) is 36.6 Å². The van der Waals surface area contributed by atoms with Gasteiger partial charge in [-0.05, 0) is 23.6 Å². The highest BCUT2D eigenvalue weighted by Crippen LogP contribution is 2.27. The molecule has 7 nitrogen and oxygen atoms in total. The number of fused-ring (bicyclic) bond motifs is 2. The number of halogens is 4. The number of amides is 1. The number of hydrogen-bond acceptors (Lipinski definition) is 5. The van der Waals surface area contributed by atoms with Crippen molar-refractivity contribution in [2.24, 2.45) is 0 Å². The van der Waals surface area contributed by atoms with Gasteiger partial charge in [-0.1, -0.05) is 12.1 Å². The van der Waals surface area contributed by atoms with Crippen molar-refractivity contribution in [3.05, 3.63) is 41.1 Å². The molecular weight excluding hydrogens is 434 g/mol. The van der Waals surface area contributed by atoms with E-state index in [1.54, 1.807) is 22.9 Å². The molecule has 2 aliphatic rings. The summed E-state index contributed by atoms with van der Waals surface area (Å²) in [5.74, 6) is 0.662. The van der Waals surface area contributed by atoms with E-state index in [4.69, 9.17) is 14.2 Å². The first-order valence-electron chi connectivity index (χ1n) is 10.3. The molecule has 1 amide bonds. The molecule has 0 saturated heterocycles. The van der Waals surface area contributed by atoms with Crippen LogP contribution < -0.4 is 14.8 Å². The molecule has 0 saturated carbocycles. The Labute approximate surface area is 181 Å². The summed E-state index contributed by atoms with van der Waals surface area (Å²) in [6.45, 7) is 0.199. The fraction of sp³-hybridized carbons (Fsp3) is 0.524. The summed E-state index contributed by atoms with van der Waals surface area (Å²) < 4.78 is 67.2. The summed E-state index contributed by atoms with van der Waals surface area (Å²) in [6, 6.07) is 6.18. The first-order valence-corrected chi connectivity index (χ1v) is 10.3. The van der Waals surface area contributed by atoms with Crippen LogP contribution in [0.2, 0.25) is 0 Å². The zero-order valence-electron chi connectivity index (χ0n) is 17.1. The molecule has 3 heterocycles. The first-order chi connectivity index (χ1) is 15.4. The van der Waals surface area contributed by atoms with Gasteiger partial charge in [0, 0.05) is 18.9 Å². The molecule has 0 spiro atoms. The van der Waals surface area contributed by atoms with Crippen molar-refractivity contribution in [1.29, 1.82) is 0 Å². The van der Waals surface area contributed by atoms with Crippen LogP contribution in [0, 0.1) is 0 Å². The molecule has 2 aromatic rings. The molecule has 4 rings (SSSR count). The van der Waals surface area contributed by atoms with Gasteiger partial charge in [0.05, 0.1) is 19.2 Å². The predicted molar refractivity (Wildman–Crippen MR) is 105 cm³/mol. The smallest absolute Gasteiger partial charge is 0.272 e. The van der Waals surface area contributed by atoms with Crippen molar-refractivity contribution in [1.82, 2.24) is 15.1 Å². The largest absolute Gasteiger partial charge is 0.491 e. The summed E-state index contributed by atoms with van der Waals surface area (Å²) >= 11 is 0. The summed E-state index contributed by atoms with van der Waals surface area (Å²) in [5, 5.41) is 7.10. The topological polar surface area (TPSA) is 74.6 Å². The van der Waals surface area contributed by atoms with Gasteiger partial charge < -0.3 is 19.5 Å². The number of rotatable bonds is 9. The second-order valence-electron chi connectivity index (χ2n) is 7.77. The van der Waals surface area contributed by atoms with Crippen LogP contribution in [0.15, 0.2) is 24.3 Å². The molecule has 1 N–H and O–H groups in total. The third-order valence-electron chi connectivity index (χ3n) is 5.22. The Bertz CT molecular complexity index is 930. The molecule has 0 bridgehead atoms. The van der Waals surface area contributed by atoms with E-state index in [1.165, 1.54) is 6.07 Å². The van der Waals surface area contributed by atoms with Crippen molar-refractivity contribution in [3.63, 3.8) is 0 Å². The zero-order valence-corrected chi connectivity index (χ0v) is 17.1. The number of carbonyl (C=O) groups is 1. The Kier molecular flexibility index (Phi) is 6.83. The molecule has 32 heavy (non-hydrogen) atoms. The Morgan fingerprint density at radius 1 is 1.25 bits per heavy atom. The highest BCUT2D eigenvalue weighted by atomic mass is 19.3. The van der Waals surface area contributed by atoms with Crippen molar-refractivity contribution in [3.8, 4) is 11.6 Å². The number of nitrogens with one attached hydrogen (secondary N) is 1. The molecule has 0 radical (unpaired) electrons. The fourth-order valence-electron chi connectivity index (χ4n) is 3.78. The van der Waals surface area contributed by atoms with Gasteiger partial charge in [0.25, 0.3) is 12.3 Å². The van der Waals surface area contributed by atoms with Gasteiger partial charge >= 0.3 is 0 Å². The maximum absolute atomic E-state index is 12.6. The monoisotopic (exact) mass is 457 g/mol. The minimum Gasteiger partial charge on any atom is -0.491 e. The van der Waals surface area contributed by atoms with Crippen LogP contribution in [0.5, 0.6) is 11.6 Å². The van der Waals surface area contributed by atoms with Gasteiger partial charge in [-0.25, -0.2) is 22.2 Å². The third kappa shape index (κ3) is 5.50. The quantitative estimate of drug-likeness (QED) is 0.463. The maximum atomic E-state index is 12.6. The normalized spacial score (nSPS) is 19.4. The lowest BCUT2D eigenvalue weighted by molar-refractivity contribution is 0.00870. The van der Waals surface area contributed by atoms with Gasteiger partial charge in [0.2, 0.25) is 12.3 Å². The van der Waals surface area contributed by atoms with Crippen molar-refractivity contribution in [2.75, 3.05) is 19.8 Å². The number of alkyl halides is 4. The van der Waals surface area contributed by atoms with Crippen LogP contribution in [0.4, 0.5) is 17.6 Å². The van der Waals surface area contributed by atoms with Gasteiger partial charge in [-0.15, -0.1) is 0 Å². The van der Waals surface area contributed by atoms with Crippen LogP contribution in [-0.2, 0) is 24.1 Å². The molecule has 1 aromatic carbocycles.